The van der Waals surface area contributed by atoms with Crippen molar-refractivity contribution in [3.8, 4) is 5.75 Å². The molecule has 0 aliphatic heterocycles. The van der Waals surface area contributed by atoms with Crippen LogP contribution in [-0.2, 0) is 9.53 Å². The van der Waals surface area contributed by atoms with Crippen LogP contribution in [-0.4, -0.2) is 18.9 Å². The number of alkyl halides is 3. The highest BCUT2D eigenvalue weighted by Gasteiger charge is 2.31. The van der Waals surface area contributed by atoms with Gasteiger partial charge in [0, 0.05) is 10.5 Å². The average Bonchev–Trinajstić information content (AvgIpc) is 2.25. The van der Waals surface area contributed by atoms with Gasteiger partial charge in [-0.15, -0.1) is 13.2 Å². The lowest BCUT2D eigenvalue weighted by molar-refractivity contribution is -0.274. The van der Waals surface area contributed by atoms with Crippen LogP contribution < -0.4 is 10.5 Å². The van der Waals surface area contributed by atoms with Gasteiger partial charge in [-0.3, -0.25) is 4.79 Å². The van der Waals surface area contributed by atoms with Gasteiger partial charge in [0.1, 0.15) is 5.75 Å². The van der Waals surface area contributed by atoms with E-state index in [1.165, 1.54) is 6.07 Å². The van der Waals surface area contributed by atoms with Gasteiger partial charge in [-0.05, 0) is 30.7 Å². The zero-order valence-electron chi connectivity index (χ0n) is 10.5. The predicted octanol–water partition coefficient (Wildman–Crippen LogP) is 3.30. The summed E-state index contributed by atoms with van der Waals surface area (Å²) < 4.78 is 45.4. The number of rotatable bonds is 5. The number of nitrogens with two attached hydrogens (primary N) is 1. The number of esters is 1. The molecule has 8 heteroatoms. The number of carbonyl (C=O) groups is 1. The molecule has 0 radical (unpaired) electrons. The number of halogens is 4. The fourth-order valence-corrected chi connectivity index (χ4v) is 2.00. The first-order valence-corrected chi connectivity index (χ1v) is 6.48. The van der Waals surface area contributed by atoms with Crippen LogP contribution in [0.15, 0.2) is 22.7 Å². The van der Waals surface area contributed by atoms with Crippen molar-refractivity contribution in [3.05, 3.63) is 28.2 Å². The Labute approximate surface area is 122 Å². The maximum Gasteiger partial charge on any atom is 0.573 e. The van der Waals surface area contributed by atoms with Crippen molar-refractivity contribution in [2.24, 2.45) is 5.73 Å². The first kappa shape index (κ1) is 16.8. The second kappa shape index (κ2) is 6.94. The van der Waals surface area contributed by atoms with Crippen LogP contribution in [0.25, 0.3) is 0 Å². The summed E-state index contributed by atoms with van der Waals surface area (Å²) >= 11 is 3.07. The van der Waals surface area contributed by atoms with Crippen LogP contribution in [0.2, 0.25) is 0 Å². The third-order valence-electron chi connectivity index (χ3n) is 2.25. The number of carbonyl (C=O) groups excluding carboxylic acids is 1. The van der Waals surface area contributed by atoms with E-state index in [2.05, 4.69) is 20.7 Å². The van der Waals surface area contributed by atoms with E-state index in [0.29, 0.717) is 10.0 Å². The Bertz CT molecular complexity index is 480. The van der Waals surface area contributed by atoms with Crippen LogP contribution in [0.3, 0.4) is 0 Å². The van der Waals surface area contributed by atoms with Crippen LogP contribution >= 0.6 is 15.9 Å². The van der Waals surface area contributed by atoms with Crippen molar-refractivity contribution < 1.29 is 27.4 Å². The molecule has 1 aromatic carbocycles. The summed E-state index contributed by atoms with van der Waals surface area (Å²) in [7, 11) is 0. The van der Waals surface area contributed by atoms with Crippen molar-refractivity contribution in [1.29, 1.82) is 0 Å². The van der Waals surface area contributed by atoms with Crippen LogP contribution in [0.5, 0.6) is 5.75 Å². The molecule has 0 fully saturated rings. The first-order chi connectivity index (χ1) is 9.21. The number of ether oxygens (including phenoxy) is 2. The normalized spacial score (nSPS) is 12.9. The van der Waals surface area contributed by atoms with Gasteiger partial charge in [0.15, 0.2) is 0 Å². The molecule has 0 amide bonds. The van der Waals surface area contributed by atoms with Gasteiger partial charge in [-0.25, -0.2) is 0 Å². The fraction of sp³-hybridized carbons (Fsp3) is 0.417. The largest absolute Gasteiger partial charge is 0.573 e. The summed E-state index contributed by atoms with van der Waals surface area (Å²) in [4.78, 5) is 11.3. The fourth-order valence-electron chi connectivity index (χ4n) is 1.51. The highest BCUT2D eigenvalue weighted by molar-refractivity contribution is 9.10. The van der Waals surface area contributed by atoms with Crippen LogP contribution in [0.4, 0.5) is 13.2 Å². The van der Waals surface area contributed by atoms with Gasteiger partial charge >= 0.3 is 12.3 Å². The second-order valence-corrected chi connectivity index (χ2v) is 4.80. The monoisotopic (exact) mass is 355 g/mol. The van der Waals surface area contributed by atoms with Crippen molar-refractivity contribution in [1.82, 2.24) is 0 Å². The topological polar surface area (TPSA) is 61.5 Å². The zero-order chi connectivity index (χ0) is 15.3. The molecule has 20 heavy (non-hydrogen) atoms. The molecule has 0 aromatic heterocycles. The zero-order valence-corrected chi connectivity index (χ0v) is 12.1. The van der Waals surface area contributed by atoms with E-state index in [4.69, 9.17) is 10.5 Å². The molecule has 0 unspecified atom stereocenters. The summed E-state index contributed by atoms with van der Waals surface area (Å²) in [6, 6.07) is 3.05. The van der Waals surface area contributed by atoms with E-state index >= 15 is 0 Å². The average molecular weight is 356 g/mol. The smallest absolute Gasteiger partial charge is 0.466 e. The molecular formula is C12H13BrF3NO3. The van der Waals surface area contributed by atoms with Crippen molar-refractivity contribution in [3.63, 3.8) is 0 Å². The SMILES string of the molecule is CCOC(=O)C[C@H](N)c1cc(Br)cc(OC(F)(F)F)c1. The summed E-state index contributed by atoms with van der Waals surface area (Å²) in [6.45, 7) is 1.87. The molecule has 1 aromatic rings. The Morgan fingerprint density at radius 1 is 1.40 bits per heavy atom. The molecule has 0 aliphatic carbocycles. The van der Waals surface area contributed by atoms with E-state index in [0.717, 1.165) is 12.1 Å². The summed E-state index contributed by atoms with van der Waals surface area (Å²) in [5.41, 5.74) is 6.11. The number of hydrogen-bond acceptors (Lipinski definition) is 4. The van der Waals surface area contributed by atoms with Gasteiger partial charge in [-0.1, -0.05) is 15.9 Å². The van der Waals surface area contributed by atoms with E-state index in [-0.39, 0.29) is 13.0 Å². The van der Waals surface area contributed by atoms with Gasteiger partial charge < -0.3 is 15.2 Å². The molecule has 0 saturated heterocycles. The quantitative estimate of drug-likeness (QED) is 0.823. The summed E-state index contributed by atoms with van der Waals surface area (Å²) in [5, 5.41) is 0. The molecule has 4 nitrogen and oxygen atoms in total. The minimum absolute atomic E-state index is 0.129. The molecule has 1 atom stereocenters. The Hall–Kier alpha value is -1.28. The lowest BCUT2D eigenvalue weighted by Gasteiger charge is -2.15. The lowest BCUT2D eigenvalue weighted by atomic mass is 10.0. The maximum absolute atomic E-state index is 12.2. The molecule has 0 spiro atoms. The first-order valence-electron chi connectivity index (χ1n) is 5.68. The lowest BCUT2D eigenvalue weighted by Crippen LogP contribution is -2.19. The summed E-state index contributed by atoms with van der Waals surface area (Å²) in [5.74, 6) is -0.917. The van der Waals surface area contributed by atoms with Crippen LogP contribution in [0.1, 0.15) is 24.9 Å². The van der Waals surface area contributed by atoms with Crippen molar-refractivity contribution in [2.45, 2.75) is 25.7 Å². The van der Waals surface area contributed by atoms with Gasteiger partial charge in [-0.2, -0.15) is 0 Å². The Balaban J connectivity index is 2.87. The number of hydrogen-bond donors (Lipinski definition) is 1. The van der Waals surface area contributed by atoms with Crippen molar-refractivity contribution in [2.75, 3.05) is 6.61 Å². The van der Waals surface area contributed by atoms with Gasteiger partial charge in [0.25, 0.3) is 0 Å². The molecule has 112 valence electrons. The molecular weight excluding hydrogens is 343 g/mol. The van der Waals surface area contributed by atoms with Gasteiger partial charge in [0.2, 0.25) is 0 Å². The predicted molar refractivity (Wildman–Crippen MR) is 69.0 cm³/mol. The highest BCUT2D eigenvalue weighted by atomic mass is 79.9. The highest BCUT2D eigenvalue weighted by Crippen LogP contribution is 2.29. The Morgan fingerprint density at radius 3 is 2.60 bits per heavy atom. The third-order valence-corrected chi connectivity index (χ3v) is 2.71. The second-order valence-electron chi connectivity index (χ2n) is 3.88. The van der Waals surface area contributed by atoms with Crippen LogP contribution in [0, 0.1) is 0 Å². The Morgan fingerprint density at radius 2 is 2.05 bits per heavy atom. The van der Waals surface area contributed by atoms with E-state index in [9.17, 15) is 18.0 Å². The minimum Gasteiger partial charge on any atom is -0.466 e. The molecule has 1 rings (SSSR count). The maximum atomic E-state index is 12.2. The van der Waals surface area contributed by atoms with E-state index < -0.39 is 24.1 Å². The molecule has 0 bridgehead atoms. The Kier molecular flexibility index (Phi) is 5.82. The molecule has 0 aliphatic rings. The van der Waals surface area contributed by atoms with Gasteiger partial charge in [0.05, 0.1) is 13.0 Å². The number of benzene rings is 1. The van der Waals surface area contributed by atoms with E-state index in [1.807, 2.05) is 0 Å². The van der Waals surface area contributed by atoms with E-state index in [1.54, 1.807) is 6.92 Å². The summed E-state index contributed by atoms with van der Waals surface area (Å²) in [6.07, 6.45) is -4.92. The molecule has 0 saturated carbocycles. The molecule has 2 N–H and O–H groups in total. The third kappa shape index (κ3) is 5.79. The molecule has 0 heterocycles. The van der Waals surface area contributed by atoms with Crippen molar-refractivity contribution >= 4 is 21.9 Å². The standard InChI is InChI=1S/C12H13BrF3NO3/c1-2-19-11(18)6-10(17)7-3-8(13)5-9(4-7)20-12(14,15)16/h3-5,10H,2,6,17H2,1H3/t10-/m0/s1. The minimum atomic E-state index is -4.79.